The van der Waals surface area contributed by atoms with Gasteiger partial charge in [-0.15, -0.1) is 0 Å². The van der Waals surface area contributed by atoms with Crippen molar-refractivity contribution >= 4 is 11.7 Å². The number of ether oxygens (including phenoxy) is 2. The molecule has 0 bridgehead atoms. The maximum Gasteiger partial charge on any atom is 0.325 e. The number of esters is 1. The highest BCUT2D eigenvalue weighted by atomic mass is 16.5. The molecule has 0 aromatic heterocycles. The summed E-state index contributed by atoms with van der Waals surface area (Å²) >= 11 is 0. The molecular weight excluding hydrogens is 218 g/mol. The molecule has 0 aliphatic carbocycles. The van der Waals surface area contributed by atoms with Crippen LogP contribution in [0.5, 0.6) is 5.75 Å². The van der Waals surface area contributed by atoms with E-state index in [1.54, 1.807) is 7.11 Å². The molecule has 1 aromatic rings. The van der Waals surface area contributed by atoms with Gasteiger partial charge in [0.25, 0.3) is 0 Å². The standard InChI is InChI=1S/C13H19NO3/c1-9-6-10(2)13(11(7-9)16-4)14(3)8-12(15)17-5/h6-7H,8H2,1-5H3. The molecule has 0 saturated heterocycles. The van der Waals surface area contributed by atoms with Gasteiger partial charge in [0.1, 0.15) is 12.3 Å². The number of aryl methyl sites for hydroxylation is 2. The number of methoxy groups -OCH3 is 2. The van der Waals surface area contributed by atoms with Gasteiger partial charge in [0.2, 0.25) is 0 Å². The zero-order valence-electron chi connectivity index (χ0n) is 11.0. The van der Waals surface area contributed by atoms with E-state index < -0.39 is 0 Å². The van der Waals surface area contributed by atoms with Crippen LogP contribution in [0.3, 0.4) is 0 Å². The van der Waals surface area contributed by atoms with E-state index in [0.717, 1.165) is 22.6 Å². The van der Waals surface area contributed by atoms with Crippen molar-refractivity contribution in [2.45, 2.75) is 13.8 Å². The van der Waals surface area contributed by atoms with Gasteiger partial charge in [-0.05, 0) is 31.0 Å². The maximum absolute atomic E-state index is 11.3. The Bertz CT molecular complexity index is 415. The fourth-order valence-corrected chi connectivity index (χ4v) is 1.90. The lowest BCUT2D eigenvalue weighted by Crippen LogP contribution is -2.27. The van der Waals surface area contributed by atoms with E-state index in [4.69, 9.17) is 4.74 Å². The number of carbonyl (C=O) groups is 1. The zero-order valence-corrected chi connectivity index (χ0v) is 11.0. The van der Waals surface area contributed by atoms with Gasteiger partial charge in [-0.1, -0.05) is 6.07 Å². The predicted molar refractivity (Wildman–Crippen MR) is 67.8 cm³/mol. The number of hydrogen-bond acceptors (Lipinski definition) is 4. The van der Waals surface area contributed by atoms with E-state index in [0.29, 0.717) is 0 Å². The molecule has 1 aromatic carbocycles. The SMILES string of the molecule is COC(=O)CN(C)c1c(C)cc(C)cc1OC. The third-order valence-corrected chi connectivity index (χ3v) is 2.61. The quantitative estimate of drug-likeness (QED) is 0.750. The van der Waals surface area contributed by atoms with Gasteiger partial charge in [0.05, 0.1) is 19.9 Å². The summed E-state index contributed by atoms with van der Waals surface area (Å²) in [6.45, 7) is 4.22. The maximum atomic E-state index is 11.3. The Morgan fingerprint density at radius 1 is 1.29 bits per heavy atom. The summed E-state index contributed by atoms with van der Waals surface area (Å²) in [5.74, 6) is 0.503. The number of benzene rings is 1. The number of rotatable bonds is 4. The van der Waals surface area contributed by atoms with Crippen molar-refractivity contribution in [1.29, 1.82) is 0 Å². The lowest BCUT2D eigenvalue weighted by Gasteiger charge is -2.23. The molecule has 0 saturated carbocycles. The van der Waals surface area contributed by atoms with Crippen LogP contribution in [0.4, 0.5) is 5.69 Å². The molecule has 0 spiro atoms. The van der Waals surface area contributed by atoms with Crippen molar-refractivity contribution < 1.29 is 14.3 Å². The van der Waals surface area contributed by atoms with Crippen LogP contribution in [0, 0.1) is 13.8 Å². The van der Waals surface area contributed by atoms with Crippen LogP contribution in [0.25, 0.3) is 0 Å². The second kappa shape index (κ2) is 5.57. The summed E-state index contributed by atoms with van der Waals surface area (Å²) in [4.78, 5) is 13.1. The molecule has 0 heterocycles. The molecule has 0 radical (unpaired) electrons. The van der Waals surface area contributed by atoms with Crippen molar-refractivity contribution in [2.75, 3.05) is 32.7 Å². The molecular formula is C13H19NO3. The molecule has 17 heavy (non-hydrogen) atoms. The molecule has 4 heteroatoms. The smallest absolute Gasteiger partial charge is 0.325 e. The predicted octanol–water partition coefficient (Wildman–Crippen LogP) is 1.92. The Morgan fingerprint density at radius 3 is 2.47 bits per heavy atom. The minimum Gasteiger partial charge on any atom is -0.495 e. The first-order valence-electron chi connectivity index (χ1n) is 5.42. The minimum absolute atomic E-state index is 0.205. The van der Waals surface area contributed by atoms with Gasteiger partial charge in [-0.25, -0.2) is 0 Å². The van der Waals surface area contributed by atoms with Crippen molar-refractivity contribution in [1.82, 2.24) is 0 Å². The molecule has 94 valence electrons. The normalized spacial score (nSPS) is 9.94. The first-order valence-corrected chi connectivity index (χ1v) is 5.42. The lowest BCUT2D eigenvalue weighted by molar-refractivity contribution is -0.138. The first kappa shape index (κ1) is 13.4. The Labute approximate surface area is 102 Å². The molecule has 0 unspecified atom stereocenters. The summed E-state index contributed by atoms with van der Waals surface area (Å²) in [7, 11) is 4.86. The summed E-state index contributed by atoms with van der Waals surface area (Å²) in [5.41, 5.74) is 3.13. The topological polar surface area (TPSA) is 38.8 Å². The van der Waals surface area contributed by atoms with E-state index in [2.05, 4.69) is 10.8 Å². The van der Waals surface area contributed by atoms with Crippen LogP contribution < -0.4 is 9.64 Å². The van der Waals surface area contributed by atoms with Crippen LogP contribution in [-0.2, 0) is 9.53 Å². The van der Waals surface area contributed by atoms with Crippen molar-refractivity contribution in [3.05, 3.63) is 23.3 Å². The van der Waals surface area contributed by atoms with Gasteiger partial charge in [-0.3, -0.25) is 4.79 Å². The number of hydrogen-bond donors (Lipinski definition) is 0. The van der Waals surface area contributed by atoms with Gasteiger partial charge in [0, 0.05) is 7.05 Å². The van der Waals surface area contributed by atoms with Crippen LogP contribution in [-0.4, -0.2) is 33.8 Å². The third-order valence-electron chi connectivity index (χ3n) is 2.61. The van der Waals surface area contributed by atoms with E-state index >= 15 is 0 Å². The van der Waals surface area contributed by atoms with E-state index in [9.17, 15) is 4.79 Å². The second-order valence-electron chi connectivity index (χ2n) is 4.06. The monoisotopic (exact) mass is 237 g/mol. The Balaban J connectivity index is 3.07. The average Bonchev–Trinajstić information content (AvgIpc) is 2.27. The Morgan fingerprint density at radius 2 is 1.94 bits per heavy atom. The largest absolute Gasteiger partial charge is 0.495 e. The van der Waals surface area contributed by atoms with Crippen LogP contribution in [0.1, 0.15) is 11.1 Å². The van der Waals surface area contributed by atoms with Gasteiger partial charge >= 0.3 is 5.97 Å². The number of anilines is 1. The molecule has 1 rings (SSSR count). The molecule has 0 atom stereocenters. The van der Waals surface area contributed by atoms with Gasteiger partial charge in [-0.2, -0.15) is 0 Å². The van der Waals surface area contributed by atoms with Gasteiger partial charge < -0.3 is 14.4 Å². The average molecular weight is 237 g/mol. The number of carbonyl (C=O) groups excluding carboxylic acids is 1. The summed E-state index contributed by atoms with van der Waals surface area (Å²) in [5, 5.41) is 0. The lowest BCUT2D eigenvalue weighted by atomic mass is 10.1. The molecule has 0 aliphatic rings. The highest BCUT2D eigenvalue weighted by Crippen LogP contribution is 2.32. The summed E-state index contributed by atoms with van der Waals surface area (Å²) in [6.07, 6.45) is 0. The first-order chi connectivity index (χ1) is 7.99. The Kier molecular flexibility index (Phi) is 4.37. The number of likely N-dealkylation sites (N-methyl/N-ethyl adjacent to an activating group) is 1. The molecule has 4 nitrogen and oxygen atoms in total. The van der Waals surface area contributed by atoms with Gasteiger partial charge in [0.15, 0.2) is 0 Å². The fourth-order valence-electron chi connectivity index (χ4n) is 1.90. The fraction of sp³-hybridized carbons (Fsp3) is 0.462. The summed E-state index contributed by atoms with van der Waals surface area (Å²) in [6, 6.07) is 4.02. The highest BCUT2D eigenvalue weighted by Gasteiger charge is 2.15. The van der Waals surface area contributed by atoms with Crippen LogP contribution in [0.2, 0.25) is 0 Å². The van der Waals surface area contributed by atoms with E-state index in [-0.39, 0.29) is 12.5 Å². The second-order valence-corrected chi connectivity index (χ2v) is 4.06. The van der Waals surface area contributed by atoms with E-state index in [1.807, 2.05) is 31.9 Å². The molecule has 0 aliphatic heterocycles. The highest BCUT2D eigenvalue weighted by molar-refractivity contribution is 5.77. The Hall–Kier alpha value is -1.71. The molecule has 0 amide bonds. The zero-order chi connectivity index (χ0) is 13.0. The third kappa shape index (κ3) is 3.12. The molecule has 0 fully saturated rings. The van der Waals surface area contributed by atoms with Crippen LogP contribution in [0.15, 0.2) is 12.1 Å². The molecule has 0 N–H and O–H groups in total. The number of nitrogens with zero attached hydrogens (tertiary/aromatic N) is 1. The minimum atomic E-state index is -0.269. The van der Waals surface area contributed by atoms with Crippen molar-refractivity contribution in [3.8, 4) is 5.75 Å². The van der Waals surface area contributed by atoms with Crippen molar-refractivity contribution in [3.63, 3.8) is 0 Å². The summed E-state index contributed by atoms with van der Waals surface area (Å²) < 4.78 is 10.0. The van der Waals surface area contributed by atoms with Crippen molar-refractivity contribution in [2.24, 2.45) is 0 Å². The van der Waals surface area contributed by atoms with Crippen LogP contribution >= 0.6 is 0 Å². The van der Waals surface area contributed by atoms with E-state index in [1.165, 1.54) is 7.11 Å².